The van der Waals surface area contributed by atoms with Crippen LogP contribution in [0, 0.1) is 19.7 Å². The second-order valence-corrected chi connectivity index (χ2v) is 5.08. The second kappa shape index (κ2) is 6.88. The van der Waals surface area contributed by atoms with Crippen LogP contribution in [-0.4, -0.2) is 12.5 Å². The Labute approximate surface area is 124 Å². The van der Waals surface area contributed by atoms with E-state index in [1.807, 2.05) is 38.1 Å². The van der Waals surface area contributed by atoms with E-state index < -0.39 is 0 Å². The second-order valence-electron chi connectivity index (χ2n) is 5.08. The van der Waals surface area contributed by atoms with Gasteiger partial charge in [-0.05, 0) is 55.7 Å². The summed E-state index contributed by atoms with van der Waals surface area (Å²) < 4.78 is 13.0. The van der Waals surface area contributed by atoms with Crippen LogP contribution in [0.3, 0.4) is 0 Å². The highest BCUT2D eigenvalue weighted by molar-refractivity contribution is 5.92. The lowest BCUT2D eigenvalue weighted by Gasteiger charge is -2.07. The molecule has 0 heterocycles. The molecule has 2 aromatic carbocycles. The molecule has 0 aromatic heterocycles. The van der Waals surface area contributed by atoms with Crippen LogP contribution in [0.1, 0.15) is 16.7 Å². The minimum Gasteiger partial charge on any atom is -0.370 e. The smallest absolute Gasteiger partial charge is 0.193 e. The predicted octanol–water partition coefficient (Wildman–Crippen LogP) is 3.41. The van der Waals surface area contributed by atoms with Gasteiger partial charge in [0.25, 0.3) is 0 Å². The lowest BCUT2D eigenvalue weighted by Crippen LogP contribution is -2.23. The first-order chi connectivity index (χ1) is 10.0. The Balaban J connectivity index is 1.90. The number of aliphatic imine (C=N–C) groups is 1. The van der Waals surface area contributed by atoms with Crippen molar-refractivity contribution in [3.05, 3.63) is 65.0 Å². The summed E-state index contributed by atoms with van der Waals surface area (Å²) in [4.78, 5) is 4.29. The van der Waals surface area contributed by atoms with Crippen molar-refractivity contribution < 1.29 is 4.39 Å². The Bertz CT molecular complexity index is 633. The SMILES string of the molecule is Cc1ccc(NC(N)=NCCc2ccc(F)cc2C)cc1. The fourth-order valence-electron chi connectivity index (χ4n) is 2.06. The summed E-state index contributed by atoms with van der Waals surface area (Å²) in [6.45, 7) is 4.50. The molecule has 0 radical (unpaired) electrons. The third-order valence-corrected chi connectivity index (χ3v) is 3.29. The van der Waals surface area contributed by atoms with Crippen molar-refractivity contribution in [1.29, 1.82) is 0 Å². The summed E-state index contributed by atoms with van der Waals surface area (Å²) in [6.07, 6.45) is 0.738. The van der Waals surface area contributed by atoms with E-state index in [0.717, 1.165) is 23.2 Å². The molecular weight excluding hydrogens is 265 g/mol. The number of hydrogen-bond acceptors (Lipinski definition) is 1. The average molecular weight is 285 g/mol. The van der Waals surface area contributed by atoms with Gasteiger partial charge in [-0.2, -0.15) is 0 Å². The number of hydrogen-bond donors (Lipinski definition) is 2. The molecule has 0 saturated heterocycles. The normalized spacial score (nSPS) is 11.5. The summed E-state index contributed by atoms with van der Waals surface area (Å²) in [5.41, 5.74) is 9.99. The maximum absolute atomic E-state index is 13.0. The molecule has 110 valence electrons. The van der Waals surface area contributed by atoms with Crippen molar-refractivity contribution in [3.8, 4) is 0 Å². The lowest BCUT2D eigenvalue weighted by molar-refractivity contribution is 0.625. The number of rotatable bonds is 4. The van der Waals surface area contributed by atoms with Gasteiger partial charge in [-0.3, -0.25) is 4.99 Å². The first-order valence-electron chi connectivity index (χ1n) is 6.93. The zero-order valence-electron chi connectivity index (χ0n) is 12.4. The van der Waals surface area contributed by atoms with Gasteiger partial charge in [0, 0.05) is 12.2 Å². The van der Waals surface area contributed by atoms with Crippen LogP contribution in [0.4, 0.5) is 10.1 Å². The zero-order chi connectivity index (χ0) is 15.2. The van der Waals surface area contributed by atoms with Crippen LogP contribution in [0.2, 0.25) is 0 Å². The molecule has 0 atom stereocenters. The molecule has 0 saturated carbocycles. The number of halogens is 1. The summed E-state index contributed by atoms with van der Waals surface area (Å²) in [5, 5.41) is 3.05. The van der Waals surface area contributed by atoms with Crippen molar-refractivity contribution in [2.45, 2.75) is 20.3 Å². The molecule has 3 nitrogen and oxygen atoms in total. The van der Waals surface area contributed by atoms with Crippen molar-refractivity contribution in [1.82, 2.24) is 0 Å². The number of benzene rings is 2. The number of aryl methyl sites for hydroxylation is 2. The number of nitrogens with two attached hydrogens (primary N) is 1. The van der Waals surface area contributed by atoms with Gasteiger partial charge in [-0.15, -0.1) is 0 Å². The number of nitrogens with zero attached hydrogens (tertiary/aromatic N) is 1. The Morgan fingerprint density at radius 1 is 1.14 bits per heavy atom. The van der Waals surface area contributed by atoms with E-state index in [0.29, 0.717) is 12.5 Å². The number of guanidine groups is 1. The van der Waals surface area contributed by atoms with Gasteiger partial charge >= 0.3 is 0 Å². The topological polar surface area (TPSA) is 50.4 Å². The van der Waals surface area contributed by atoms with Gasteiger partial charge in [0.1, 0.15) is 5.82 Å². The van der Waals surface area contributed by atoms with E-state index in [9.17, 15) is 4.39 Å². The molecule has 4 heteroatoms. The Morgan fingerprint density at radius 2 is 1.86 bits per heavy atom. The molecule has 2 rings (SSSR count). The fourth-order valence-corrected chi connectivity index (χ4v) is 2.06. The van der Waals surface area contributed by atoms with Gasteiger partial charge in [0.15, 0.2) is 5.96 Å². The van der Waals surface area contributed by atoms with Crippen molar-refractivity contribution in [3.63, 3.8) is 0 Å². The first-order valence-corrected chi connectivity index (χ1v) is 6.93. The molecule has 2 aromatic rings. The third-order valence-electron chi connectivity index (χ3n) is 3.29. The Kier molecular flexibility index (Phi) is 4.93. The maximum atomic E-state index is 13.0. The Morgan fingerprint density at radius 3 is 2.52 bits per heavy atom. The zero-order valence-corrected chi connectivity index (χ0v) is 12.4. The van der Waals surface area contributed by atoms with E-state index in [1.165, 1.54) is 17.7 Å². The average Bonchev–Trinajstić information content (AvgIpc) is 2.44. The Hall–Kier alpha value is -2.36. The molecule has 21 heavy (non-hydrogen) atoms. The van der Waals surface area contributed by atoms with Gasteiger partial charge in [0.05, 0.1) is 0 Å². The molecule has 3 N–H and O–H groups in total. The summed E-state index contributed by atoms with van der Waals surface area (Å²) >= 11 is 0. The summed E-state index contributed by atoms with van der Waals surface area (Å²) in [6, 6.07) is 12.7. The van der Waals surface area contributed by atoms with E-state index in [4.69, 9.17) is 5.73 Å². The van der Waals surface area contributed by atoms with Crippen LogP contribution in [0.15, 0.2) is 47.5 Å². The van der Waals surface area contributed by atoms with Crippen molar-refractivity contribution in [2.24, 2.45) is 10.7 Å². The standard InChI is InChI=1S/C17H20FN3/c1-12-3-7-16(8-4-12)21-17(19)20-10-9-14-5-6-15(18)11-13(14)2/h3-8,11H,9-10H2,1-2H3,(H3,19,20,21). The molecule has 0 fully saturated rings. The molecule has 0 aliphatic carbocycles. The molecule has 0 amide bonds. The van der Waals surface area contributed by atoms with Crippen LogP contribution < -0.4 is 11.1 Å². The quantitative estimate of drug-likeness (QED) is 0.668. The van der Waals surface area contributed by atoms with Crippen LogP contribution >= 0.6 is 0 Å². The van der Waals surface area contributed by atoms with Crippen LogP contribution in [0.25, 0.3) is 0 Å². The number of nitrogens with one attached hydrogen (secondary N) is 1. The third kappa shape index (κ3) is 4.60. The van der Waals surface area contributed by atoms with Crippen molar-refractivity contribution >= 4 is 11.6 Å². The summed E-state index contributed by atoms with van der Waals surface area (Å²) in [5.74, 6) is 0.180. The first kappa shape index (κ1) is 15.0. The van der Waals surface area contributed by atoms with E-state index >= 15 is 0 Å². The van der Waals surface area contributed by atoms with Crippen molar-refractivity contribution in [2.75, 3.05) is 11.9 Å². The van der Waals surface area contributed by atoms with E-state index in [1.54, 1.807) is 6.07 Å². The fraction of sp³-hybridized carbons (Fsp3) is 0.235. The highest BCUT2D eigenvalue weighted by atomic mass is 19.1. The highest BCUT2D eigenvalue weighted by Gasteiger charge is 2.00. The minimum atomic E-state index is -0.208. The van der Waals surface area contributed by atoms with Gasteiger partial charge < -0.3 is 11.1 Å². The van der Waals surface area contributed by atoms with E-state index in [2.05, 4.69) is 10.3 Å². The highest BCUT2D eigenvalue weighted by Crippen LogP contribution is 2.11. The molecule has 0 unspecified atom stereocenters. The molecular formula is C17H20FN3. The van der Waals surface area contributed by atoms with Gasteiger partial charge in [-0.1, -0.05) is 23.8 Å². The predicted molar refractivity (Wildman–Crippen MR) is 86.1 cm³/mol. The molecule has 0 bridgehead atoms. The minimum absolute atomic E-state index is 0.208. The lowest BCUT2D eigenvalue weighted by atomic mass is 10.1. The van der Waals surface area contributed by atoms with Crippen LogP contribution in [0.5, 0.6) is 0 Å². The monoisotopic (exact) mass is 285 g/mol. The molecule has 0 spiro atoms. The van der Waals surface area contributed by atoms with Gasteiger partial charge in [-0.25, -0.2) is 4.39 Å². The van der Waals surface area contributed by atoms with E-state index in [-0.39, 0.29) is 5.82 Å². The molecule has 0 aliphatic rings. The van der Waals surface area contributed by atoms with Gasteiger partial charge in [0.2, 0.25) is 0 Å². The molecule has 0 aliphatic heterocycles. The largest absolute Gasteiger partial charge is 0.370 e. The summed E-state index contributed by atoms with van der Waals surface area (Å²) in [7, 11) is 0. The number of anilines is 1. The maximum Gasteiger partial charge on any atom is 0.193 e. The van der Waals surface area contributed by atoms with Crippen LogP contribution in [-0.2, 0) is 6.42 Å².